The SMILES string of the molecule is COc1cc(C)c(CN2CCN(CC(=O)N[C@@](C)(C#N)C3CC3)CC2)cc1OC. The van der Waals surface area contributed by atoms with E-state index in [2.05, 4.69) is 34.2 Å². The molecule has 0 radical (unpaired) electrons. The van der Waals surface area contributed by atoms with Crippen LogP contribution in [0, 0.1) is 24.2 Å². The highest BCUT2D eigenvalue weighted by Crippen LogP contribution is 2.39. The molecule has 1 aliphatic heterocycles. The number of nitriles is 1. The maximum absolute atomic E-state index is 12.4. The fourth-order valence-corrected chi connectivity index (χ4v) is 3.95. The number of methoxy groups -OCH3 is 2. The molecule has 0 spiro atoms. The minimum absolute atomic E-state index is 0.0508. The summed E-state index contributed by atoms with van der Waals surface area (Å²) in [5.41, 5.74) is 1.69. The second kappa shape index (κ2) is 9.02. The molecule has 1 atom stereocenters. The summed E-state index contributed by atoms with van der Waals surface area (Å²) < 4.78 is 10.8. The van der Waals surface area contributed by atoms with Crippen LogP contribution in [0.25, 0.3) is 0 Å². The zero-order valence-electron chi connectivity index (χ0n) is 18.0. The summed E-state index contributed by atoms with van der Waals surface area (Å²) in [5, 5.41) is 12.4. The van der Waals surface area contributed by atoms with Crippen LogP contribution in [0.3, 0.4) is 0 Å². The van der Waals surface area contributed by atoms with E-state index in [0.717, 1.165) is 57.1 Å². The molecule has 3 rings (SSSR count). The predicted molar refractivity (Wildman–Crippen MR) is 111 cm³/mol. The molecule has 0 bridgehead atoms. The van der Waals surface area contributed by atoms with E-state index < -0.39 is 5.54 Å². The first-order valence-electron chi connectivity index (χ1n) is 10.3. The average Bonchev–Trinajstić information content (AvgIpc) is 3.56. The maximum Gasteiger partial charge on any atom is 0.235 e. The molecular weight excluding hydrogens is 368 g/mol. The lowest BCUT2D eigenvalue weighted by Crippen LogP contribution is -2.53. The molecule has 1 saturated carbocycles. The minimum Gasteiger partial charge on any atom is -0.493 e. The van der Waals surface area contributed by atoms with Crippen LogP contribution in [0.1, 0.15) is 30.9 Å². The van der Waals surface area contributed by atoms with Gasteiger partial charge in [0, 0.05) is 32.7 Å². The largest absolute Gasteiger partial charge is 0.493 e. The molecule has 2 fully saturated rings. The van der Waals surface area contributed by atoms with Crippen LogP contribution in [0.15, 0.2) is 12.1 Å². The lowest BCUT2D eigenvalue weighted by atomic mass is 9.98. The monoisotopic (exact) mass is 400 g/mol. The average molecular weight is 401 g/mol. The summed E-state index contributed by atoms with van der Waals surface area (Å²) in [5.74, 6) is 1.75. The third-order valence-electron chi connectivity index (χ3n) is 6.09. The van der Waals surface area contributed by atoms with Crippen LogP contribution >= 0.6 is 0 Å². The normalized spacial score (nSPS) is 19.8. The van der Waals surface area contributed by atoms with Crippen molar-refractivity contribution in [3.8, 4) is 17.6 Å². The van der Waals surface area contributed by atoms with E-state index in [-0.39, 0.29) is 5.91 Å². The summed E-state index contributed by atoms with van der Waals surface area (Å²) >= 11 is 0. The highest BCUT2D eigenvalue weighted by Gasteiger charge is 2.43. The Morgan fingerprint density at radius 3 is 2.31 bits per heavy atom. The molecule has 29 heavy (non-hydrogen) atoms. The summed E-state index contributed by atoms with van der Waals surface area (Å²) in [4.78, 5) is 17.0. The molecule has 1 heterocycles. The fraction of sp³-hybridized carbons (Fsp3) is 0.636. The van der Waals surface area contributed by atoms with Gasteiger partial charge in [-0.2, -0.15) is 5.26 Å². The van der Waals surface area contributed by atoms with Crippen LogP contribution in [-0.4, -0.2) is 68.2 Å². The lowest BCUT2D eigenvalue weighted by molar-refractivity contribution is -0.124. The van der Waals surface area contributed by atoms with Crippen LogP contribution in [0.5, 0.6) is 11.5 Å². The standard InChI is InChI=1S/C22H32N4O3/c1-16-11-19(28-3)20(29-4)12-17(16)13-25-7-9-26(10-8-25)14-21(27)24-22(2,15-23)18-5-6-18/h11-12,18H,5-10,13-14H2,1-4H3,(H,24,27)/t22-/m0/s1. The molecule has 0 unspecified atom stereocenters. The van der Waals surface area contributed by atoms with Crippen molar-refractivity contribution in [1.29, 1.82) is 5.26 Å². The summed E-state index contributed by atoms with van der Waals surface area (Å²) in [7, 11) is 3.30. The Kier molecular flexibility index (Phi) is 6.66. The number of amides is 1. The zero-order chi connectivity index (χ0) is 21.0. The first-order chi connectivity index (χ1) is 13.9. The molecule has 0 aromatic heterocycles. The van der Waals surface area contributed by atoms with E-state index in [0.29, 0.717) is 12.5 Å². The number of nitrogens with one attached hydrogen (secondary N) is 1. The first kappa shape index (κ1) is 21.4. The molecule has 1 amide bonds. The highest BCUT2D eigenvalue weighted by molar-refractivity contribution is 5.79. The predicted octanol–water partition coefficient (Wildman–Crippen LogP) is 1.94. The minimum atomic E-state index is -0.718. The van der Waals surface area contributed by atoms with Crippen LogP contribution in [0.4, 0.5) is 0 Å². The van der Waals surface area contributed by atoms with Crippen molar-refractivity contribution in [3.05, 3.63) is 23.3 Å². The molecule has 1 aromatic carbocycles. The third kappa shape index (κ3) is 5.20. The van der Waals surface area contributed by atoms with Crippen molar-refractivity contribution < 1.29 is 14.3 Å². The number of aryl methyl sites for hydroxylation is 1. The molecule has 7 heteroatoms. The smallest absolute Gasteiger partial charge is 0.235 e. The van der Waals surface area contributed by atoms with Crippen molar-refractivity contribution in [2.24, 2.45) is 5.92 Å². The number of benzene rings is 1. The van der Waals surface area contributed by atoms with Gasteiger partial charge in [0.15, 0.2) is 11.5 Å². The van der Waals surface area contributed by atoms with E-state index in [1.165, 1.54) is 11.1 Å². The number of carbonyl (C=O) groups is 1. The number of carbonyl (C=O) groups excluding carboxylic acids is 1. The Morgan fingerprint density at radius 2 is 1.76 bits per heavy atom. The Balaban J connectivity index is 1.49. The van der Waals surface area contributed by atoms with Gasteiger partial charge in [0.05, 0.1) is 26.8 Å². The van der Waals surface area contributed by atoms with Crippen molar-refractivity contribution in [3.63, 3.8) is 0 Å². The van der Waals surface area contributed by atoms with Gasteiger partial charge in [0.2, 0.25) is 5.91 Å². The number of hydrogen-bond donors (Lipinski definition) is 1. The fourth-order valence-electron chi connectivity index (χ4n) is 3.95. The Bertz CT molecular complexity index is 779. The molecule has 1 aliphatic carbocycles. The van der Waals surface area contributed by atoms with E-state index in [1.807, 2.05) is 13.0 Å². The summed E-state index contributed by atoms with van der Waals surface area (Å²) in [6.07, 6.45) is 2.05. The van der Waals surface area contributed by atoms with Gasteiger partial charge < -0.3 is 14.8 Å². The Hall–Kier alpha value is -2.30. The Labute approximate surface area is 173 Å². The lowest BCUT2D eigenvalue weighted by Gasteiger charge is -2.35. The highest BCUT2D eigenvalue weighted by atomic mass is 16.5. The van der Waals surface area contributed by atoms with E-state index in [1.54, 1.807) is 14.2 Å². The number of nitrogens with zero attached hydrogens (tertiary/aromatic N) is 3. The van der Waals surface area contributed by atoms with Crippen LogP contribution < -0.4 is 14.8 Å². The van der Waals surface area contributed by atoms with Crippen molar-refractivity contribution in [2.45, 2.75) is 38.8 Å². The third-order valence-corrected chi connectivity index (χ3v) is 6.09. The number of hydrogen-bond acceptors (Lipinski definition) is 6. The second-order valence-electron chi connectivity index (χ2n) is 8.32. The van der Waals surface area contributed by atoms with Gasteiger partial charge in [0.25, 0.3) is 0 Å². The first-order valence-corrected chi connectivity index (χ1v) is 10.3. The molecule has 1 saturated heterocycles. The molecule has 7 nitrogen and oxygen atoms in total. The molecule has 158 valence electrons. The second-order valence-corrected chi connectivity index (χ2v) is 8.32. The van der Waals surface area contributed by atoms with Crippen molar-refractivity contribution >= 4 is 5.91 Å². The maximum atomic E-state index is 12.4. The topological polar surface area (TPSA) is 77.8 Å². The molecule has 2 aliphatic rings. The van der Waals surface area contributed by atoms with E-state index >= 15 is 0 Å². The van der Waals surface area contributed by atoms with Crippen molar-refractivity contribution in [1.82, 2.24) is 15.1 Å². The van der Waals surface area contributed by atoms with Gasteiger partial charge in [-0.3, -0.25) is 14.6 Å². The molecule has 1 aromatic rings. The van der Waals surface area contributed by atoms with Gasteiger partial charge in [-0.15, -0.1) is 0 Å². The zero-order valence-corrected chi connectivity index (χ0v) is 18.0. The van der Waals surface area contributed by atoms with Crippen LogP contribution in [0.2, 0.25) is 0 Å². The summed E-state index contributed by atoms with van der Waals surface area (Å²) in [6.45, 7) is 8.61. The number of ether oxygens (including phenoxy) is 2. The molecule has 1 N–H and O–H groups in total. The Morgan fingerprint density at radius 1 is 1.17 bits per heavy atom. The van der Waals surface area contributed by atoms with Gasteiger partial charge in [-0.1, -0.05) is 0 Å². The van der Waals surface area contributed by atoms with Crippen LogP contribution in [-0.2, 0) is 11.3 Å². The summed E-state index contributed by atoms with van der Waals surface area (Å²) in [6, 6.07) is 6.35. The van der Waals surface area contributed by atoms with Crippen molar-refractivity contribution in [2.75, 3.05) is 46.9 Å². The van der Waals surface area contributed by atoms with Gasteiger partial charge >= 0.3 is 0 Å². The molecular formula is C22H32N4O3. The van der Waals surface area contributed by atoms with Gasteiger partial charge in [-0.25, -0.2) is 0 Å². The number of rotatable bonds is 8. The van der Waals surface area contributed by atoms with Gasteiger partial charge in [0.1, 0.15) is 5.54 Å². The number of piperazine rings is 1. The van der Waals surface area contributed by atoms with Gasteiger partial charge in [-0.05, 0) is 55.9 Å². The van der Waals surface area contributed by atoms with E-state index in [9.17, 15) is 10.1 Å². The quantitative estimate of drug-likeness (QED) is 0.719. The van der Waals surface area contributed by atoms with E-state index in [4.69, 9.17) is 9.47 Å².